The number of para-hydroxylation sites is 2. The standard InChI is InChI=1S/C24H21N4O.Pt/c29-23-14-5-4-12-21(23)22-13-8-15-24(27-22)28(20-10-2-1-3-11-20)18-25-17-19-9-6-7-16-26-19;/h1-16,29H,17-18H2;/q-1;. The summed E-state index contributed by atoms with van der Waals surface area (Å²) in [5.74, 6) is 0.977. The van der Waals surface area contributed by atoms with Crippen LogP contribution in [0, 0.1) is 0 Å². The Kier molecular flexibility index (Phi) is 7.72. The van der Waals surface area contributed by atoms with E-state index in [1.54, 1.807) is 18.3 Å². The number of rotatable bonds is 7. The molecule has 0 aliphatic heterocycles. The Labute approximate surface area is 190 Å². The van der Waals surface area contributed by atoms with Crippen molar-refractivity contribution in [1.29, 1.82) is 0 Å². The van der Waals surface area contributed by atoms with Crippen LogP contribution >= 0.6 is 0 Å². The first-order valence-corrected chi connectivity index (χ1v) is 9.42. The van der Waals surface area contributed by atoms with Crippen molar-refractivity contribution in [1.82, 2.24) is 9.97 Å². The van der Waals surface area contributed by atoms with Gasteiger partial charge < -0.3 is 15.3 Å². The first-order chi connectivity index (χ1) is 14.3. The van der Waals surface area contributed by atoms with Crippen LogP contribution in [0.2, 0.25) is 0 Å². The van der Waals surface area contributed by atoms with Gasteiger partial charge in [0, 0.05) is 44.2 Å². The molecule has 1 N–H and O–H groups in total. The van der Waals surface area contributed by atoms with Crippen molar-refractivity contribution in [3.05, 3.63) is 108 Å². The zero-order chi connectivity index (χ0) is 19.9. The van der Waals surface area contributed by atoms with Crippen LogP contribution in [0.15, 0.2) is 97.2 Å². The Balaban J connectivity index is 0.00000256. The summed E-state index contributed by atoms with van der Waals surface area (Å²) in [6.07, 6.45) is 1.77. The normalized spacial score (nSPS) is 10.3. The molecule has 2 aromatic carbocycles. The molecule has 5 nitrogen and oxygen atoms in total. The number of phenols is 1. The summed E-state index contributed by atoms with van der Waals surface area (Å²) < 4.78 is 0. The Hall–Kier alpha value is -3.01. The molecule has 2 heterocycles. The van der Waals surface area contributed by atoms with Gasteiger partial charge in [-0.1, -0.05) is 49.1 Å². The van der Waals surface area contributed by atoms with Crippen LogP contribution in [0.5, 0.6) is 5.75 Å². The molecule has 30 heavy (non-hydrogen) atoms. The van der Waals surface area contributed by atoms with Crippen molar-refractivity contribution in [2.24, 2.45) is 0 Å². The molecule has 0 saturated heterocycles. The molecular weight excluding hydrogens is 555 g/mol. The Morgan fingerprint density at radius 2 is 1.57 bits per heavy atom. The molecule has 0 radical (unpaired) electrons. The maximum atomic E-state index is 10.2. The topological polar surface area (TPSA) is 63.4 Å². The first-order valence-electron chi connectivity index (χ1n) is 9.42. The number of anilines is 2. The summed E-state index contributed by atoms with van der Waals surface area (Å²) in [5, 5.41) is 14.9. The molecule has 4 aromatic rings. The summed E-state index contributed by atoms with van der Waals surface area (Å²) in [6, 6.07) is 28.9. The van der Waals surface area contributed by atoms with Gasteiger partial charge >= 0.3 is 0 Å². The molecule has 0 aliphatic carbocycles. The van der Waals surface area contributed by atoms with E-state index in [-0.39, 0.29) is 26.8 Å². The number of phenolic OH excluding ortho intramolecular Hbond substituents is 1. The van der Waals surface area contributed by atoms with Crippen molar-refractivity contribution >= 4 is 11.5 Å². The summed E-state index contributed by atoms with van der Waals surface area (Å²) in [6.45, 7) is 0.973. The minimum atomic E-state index is 0. The number of nitrogens with zero attached hydrogens (tertiary/aromatic N) is 4. The molecule has 0 spiro atoms. The molecule has 0 atom stereocenters. The van der Waals surface area contributed by atoms with E-state index in [1.807, 2.05) is 83.8 Å². The van der Waals surface area contributed by atoms with E-state index in [0.29, 0.717) is 24.5 Å². The fraction of sp³-hybridized carbons (Fsp3) is 0.0833. The van der Waals surface area contributed by atoms with Crippen molar-refractivity contribution in [2.45, 2.75) is 6.54 Å². The smallest absolute Gasteiger partial charge is 0.132 e. The fourth-order valence-corrected chi connectivity index (χ4v) is 3.06. The van der Waals surface area contributed by atoms with Crippen LogP contribution in [-0.2, 0) is 27.6 Å². The van der Waals surface area contributed by atoms with Gasteiger partial charge in [0.1, 0.15) is 11.6 Å². The average Bonchev–Trinajstić information content (AvgIpc) is 2.78. The number of pyridine rings is 2. The second kappa shape index (κ2) is 10.7. The van der Waals surface area contributed by atoms with Gasteiger partial charge in [0.25, 0.3) is 0 Å². The number of hydrogen-bond donors (Lipinski definition) is 1. The summed E-state index contributed by atoms with van der Waals surface area (Å²) in [4.78, 5) is 11.2. The van der Waals surface area contributed by atoms with Crippen molar-refractivity contribution < 1.29 is 26.2 Å². The minimum absolute atomic E-state index is 0. The van der Waals surface area contributed by atoms with E-state index in [1.165, 1.54) is 0 Å². The van der Waals surface area contributed by atoms with E-state index in [9.17, 15) is 5.11 Å². The quantitative estimate of drug-likeness (QED) is 0.315. The second-order valence-corrected chi connectivity index (χ2v) is 6.51. The van der Waals surface area contributed by atoms with Gasteiger partial charge in [0.2, 0.25) is 0 Å². The molecule has 0 saturated carbocycles. The Morgan fingerprint density at radius 3 is 2.33 bits per heavy atom. The Morgan fingerprint density at radius 1 is 0.800 bits per heavy atom. The van der Waals surface area contributed by atoms with Crippen LogP contribution in [0.1, 0.15) is 5.69 Å². The molecule has 0 aliphatic rings. The van der Waals surface area contributed by atoms with Crippen LogP contribution in [0.3, 0.4) is 0 Å². The minimum Gasteiger partial charge on any atom is -0.640 e. The molecule has 0 unspecified atom stereocenters. The summed E-state index contributed by atoms with van der Waals surface area (Å²) >= 11 is 0. The van der Waals surface area contributed by atoms with Gasteiger partial charge in [0.15, 0.2) is 0 Å². The molecule has 6 heteroatoms. The molecule has 0 amide bonds. The average molecular weight is 577 g/mol. The number of benzene rings is 2. The van der Waals surface area contributed by atoms with Gasteiger partial charge in [-0.25, -0.2) is 4.98 Å². The summed E-state index contributed by atoms with van der Waals surface area (Å²) in [5.41, 5.74) is 3.34. The fourth-order valence-electron chi connectivity index (χ4n) is 3.06. The van der Waals surface area contributed by atoms with E-state index in [0.717, 1.165) is 17.2 Å². The van der Waals surface area contributed by atoms with Gasteiger partial charge in [-0.2, -0.15) is 0 Å². The third kappa shape index (κ3) is 5.32. The molecule has 154 valence electrons. The largest absolute Gasteiger partial charge is 0.640 e. The van der Waals surface area contributed by atoms with E-state index >= 15 is 0 Å². The maximum absolute atomic E-state index is 10.2. The van der Waals surface area contributed by atoms with Crippen LogP contribution in [0.25, 0.3) is 16.6 Å². The SMILES string of the molecule is Oc1ccccc1-c1cccc(N(C[N-]Cc2ccccn2)c2ccccc2)n1.[Pt]. The van der Waals surface area contributed by atoms with E-state index < -0.39 is 0 Å². The molecule has 0 fully saturated rings. The molecule has 0 bridgehead atoms. The zero-order valence-electron chi connectivity index (χ0n) is 16.2. The predicted octanol–water partition coefficient (Wildman–Crippen LogP) is 5.52. The van der Waals surface area contributed by atoms with Crippen molar-refractivity contribution in [2.75, 3.05) is 11.6 Å². The zero-order valence-corrected chi connectivity index (χ0v) is 18.5. The molecule has 4 rings (SSSR count). The Bertz CT molecular complexity index is 1060. The maximum Gasteiger partial charge on any atom is 0.132 e. The number of hydrogen-bond acceptors (Lipinski definition) is 4. The van der Waals surface area contributed by atoms with Crippen molar-refractivity contribution in [3.8, 4) is 17.0 Å². The number of aromatic hydroxyl groups is 1. The van der Waals surface area contributed by atoms with E-state index in [2.05, 4.69) is 10.3 Å². The third-order valence-corrected chi connectivity index (χ3v) is 4.50. The third-order valence-electron chi connectivity index (χ3n) is 4.50. The van der Waals surface area contributed by atoms with Gasteiger partial charge in [-0.3, -0.25) is 4.98 Å². The molecule has 2 aromatic heterocycles. The second-order valence-electron chi connectivity index (χ2n) is 6.51. The monoisotopic (exact) mass is 576 g/mol. The predicted molar refractivity (Wildman–Crippen MR) is 116 cm³/mol. The van der Waals surface area contributed by atoms with Crippen molar-refractivity contribution in [3.63, 3.8) is 0 Å². The van der Waals surface area contributed by atoms with Crippen LogP contribution < -0.4 is 4.90 Å². The van der Waals surface area contributed by atoms with Gasteiger partial charge in [-0.15, -0.1) is 6.54 Å². The number of aromatic nitrogens is 2. The summed E-state index contributed by atoms with van der Waals surface area (Å²) in [7, 11) is 0. The van der Waals surface area contributed by atoms with Crippen LogP contribution in [-0.4, -0.2) is 21.7 Å². The first kappa shape index (κ1) is 21.7. The molecular formula is C24H21N4OPt-. The van der Waals surface area contributed by atoms with Crippen LogP contribution in [0.4, 0.5) is 11.5 Å². The van der Waals surface area contributed by atoms with Gasteiger partial charge in [0.05, 0.1) is 5.69 Å². The van der Waals surface area contributed by atoms with Gasteiger partial charge in [-0.05, 0) is 48.5 Å². The van der Waals surface area contributed by atoms with E-state index in [4.69, 9.17) is 4.98 Å².